The minimum atomic E-state index is -0.189. The van der Waals surface area contributed by atoms with Crippen LogP contribution in [0.5, 0.6) is 5.75 Å². The molecular weight excluding hydrogens is 354 g/mol. The maximum atomic E-state index is 12.6. The molecule has 1 atom stereocenters. The molecule has 1 aromatic heterocycles. The molecule has 1 amide bonds. The van der Waals surface area contributed by atoms with Crippen molar-refractivity contribution < 1.29 is 19.1 Å². The summed E-state index contributed by atoms with van der Waals surface area (Å²) in [7, 11) is 0. The first-order valence-corrected chi connectivity index (χ1v) is 9.38. The maximum Gasteiger partial charge on any atom is 0.255 e. The van der Waals surface area contributed by atoms with Gasteiger partial charge in [-0.25, -0.2) is 0 Å². The van der Waals surface area contributed by atoms with E-state index in [1.165, 1.54) is 0 Å². The Balaban J connectivity index is 1.75. The predicted molar refractivity (Wildman–Crippen MR) is 110 cm³/mol. The second kappa shape index (κ2) is 8.76. The van der Waals surface area contributed by atoms with Crippen LogP contribution in [0.15, 0.2) is 59.0 Å². The first kappa shape index (κ1) is 19.7. The Morgan fingerprint density at radius 2 is 1.89 bits per heavy atom. The molecule has 3 rings (SSSR count). The largest absolute Gasteiger partial charge is 0.491 e. The van der Waals surface area contributed by atoms with Crippen LogP contribution in [-0.4, -0.2) is 17.1 Å². The van der Waals surface area contributed by atoms with Crippen LogP contribution in [0.4, 0.5) is 5.69 Å². The number of anilines is 1. The third-order valence-corrected chi connectivity index (χ3v) is 4.62. The number of furan rings is 1. The fourth-order valence-corrected chi connectivity index (χ4v) is 2.72. The molecule has 0 unspecified atom stereocenters. The van der Waals surface area contributed by atoms with E-state index < -0.39 is 0 Å². The number of amides is 1. The SMILES string of the molecule is CC[C@H](C)Oc1ccc(C(=O)Nc2cc(-c3ccc(CO)o3)ccc2C)cc1. The van der Waals surface area contributed by atoms with Crippen molar-refractivity contribution >= 4 is 11.6 Å². The Hall–Kier alpha value is -3.05. The molecule has 5 nitrogen and oxygen atoms in total. The van der Waals surface area contributed by atoms with Crippen LogP contribution < -0.4 is 10.1 Å². The number of aryl methyl sites for hydroxylation is 1. The van der Waals surface area contributed by atoms with E-state index in [-0.39, 0.29) is 18.6 Å². The molecule has 1 heterocycles. The third kappa shape index (κ3) is 4.61. The third-order valence-electron chi connectivity index (χ3n) is 4.62. The second-order valence-corrected chi connectivity index (χ2v) is 6.77. The molecule has 0 aliphatic carbocycles. The van der Waals surface area contributed by atoms with E-state index in [1.807, 2.05) is 44.2 Å². The van der Waals surface area contributed by atoms with Crippen molar-refractivity contribution in [2.75, 3.05) is 5.32 Å². The van der Waals surface area contributed by atoms with Crippen LogP contribution in [0.25, 0.3) is 11.3 Å². The fraction of sp³-hybridized carbons (Fsp3) is 0.261. The topological polar surface area (TPSA) is 71.7 Å². The monoisotopic (exact) mass is 379 g/mol. The highest BCUT2D eigenvalue weighted by atomic mass is 16.5. The first-order valence-electron chi connectivity index (χ1n) is 9.38. The summed E-state index contributed by atoms with van der Waals surface area (Å²) in [5, 5.41) is 12.1. The van der Waals surface area contributed by atoms with Gasteiger partial charge in [0.05, 0.1) is 6.10 Å². The van der Waals surface area contributed by atoms with Gasteiger partial charge in [0.1, 0.15) is 23.9 Å². The van der Waals surface area contributed by atoms with Crippen LogP contribution in [0.3, 0.4) is 0 Å². The number of hydrogen-bond donors (Lipinski definition) is 2. The van der Waals surface area contributed by atoms with Crippen LogP contribution in [0.2, 0.25) is 0 Å². The van der Waals surface area contributed by atoms with E-state index in [0.717, 1.165) is 23.3 Å². The normalized spacial score (nSPS) is 11.9. The van der Waals surface area contributed by atoms with Gasteiger partial charge in [-0.2, -0.15) is 0 Å². The molecule has 0 bridgehead atoms. The second-order valence-electron chi connectivity index (χ2n) is 6.77. The standard InChI is InChI=1S/C23H25NO4/c1-4-16(3)27-19-9-7-17(8-10-19)23(26)24-21-13-18(6-5-15(21)2)22-12-11-20(14-25)28-22/h5-13,16,25H,4,14H2,1-3H3,(H,24,26)/t16-/m0/s1. The van der Waals surface area contributed by atoms with Gasteiger partial charge in [-0.1, -0.05) is 19.1 Å². The highest BCUT2D eigenvalue weighted by Gasteiger charge is 2.11. The van der Waals surface area contributed by atoms with Gasteiger partial charge in [0, 0.05) is 16.8 Å². The van der Waals surface area contributed by atoms with E-state index in [4.69, 9.17) is 14.3 Å². The van der Waals surface area contributed by atoms with Gasteiger partial charge in [-0.15, -0.1) is 0 Å². The molecular formula is C23H25NO4. The number of aliphatic hydroxyl groups is 1. The summed E-state index contributed by atoms with van der Waals surface area (Å²) in [4.78, 5) is 12.6. The zero-order valence-corrected chi connectivity index (χ0v) is 16.4. The molecule has 0 saturated heterocycles. The Bertz CT molecular complexity index is 943. The van der Waals surface area contributed by atoms with Crippen LogP contribution in [0, 0.1) is 6.92 Å². The number of nitrogens with one attached hydrogen (secondary N) is 1. The van der Waals surface area contributed by atoms with Gasteiger partial charge in [-0.3, -0.25) is 4.79 Å². The molecule has 0 fully saturated rings. The van der Waals surface area contributed by atoms with Gasteiger partial charge < -0.3 is 19.6 Å². The predicted octanol–water partition coefficient (Wildman–Crippen LogP) is 5.18. The smallest absolute Gasteiger partial charge is 0.255 e. The molecule has 0 aliphatic heterocycles. The lowest BCUT2D eigenvalue weighted by Crippen LogP contribution is -2.13. The zero-order chi connectivity index (χ0) is 20.1. The molecule has 0 spiro atoms. The summed E-state index contributed by atoms with van der Waals surface area (Å²) in [6.45, 7) is 5.87. The van der Waals surface area contributed by atoms with Crippen LogP contribution >= 0.6 is 0 Å². The van der Waals surface area contributed by atoms with Crippen LogP contribution in [0.1, 0.15) is 41.9 Å². The molecule has 0 saturated carbocycles. The summed E-state index contributed by atoms with van der Waals surface area (Å²) >= 11 is 0. The minimum Gasteiger partial charge on any atom is -0.491 e. The number of benzene rings is 2. The van der Waals surface area contributed by atoms with E-state index in [9.17, 15) is 4.79 Å². The van der Waals surface area contributed by atoms with E-state index in [1.54, 1.807) is 24.3 Å². The molecule has 0 radical (unpaired) electrons. The molecule has 28 heavy (non-hydrogen) atoms. The van der Waals surface area contributed by atoms with Crippen molar-refractivity contribution in [3.05, 3.63) is 71.5 Å². The van der Waals surface area contributed by atoms with Crippen molar-refractivity contribution in [1.29, 1.82) is 0 Å². The number of carbonyl (C=O) groups is 1. The van der Waals surface area contributed by atoms with E-state index in [2.05, 4.69) is 12.2 Å². The number of carbonyl (C=O) groups excluding carboxylic acids is 1. The zero-order valence-electron chi connectivity index (χ0n) is 16.4. The number of hydrogen-bond acceptors (Lipinski definition) is 4. The van der Waals surface area contributed by atoms with E-state index in [0.29, 0.717) is 22.8 Å². The summed E-state index contributed by atoms with van der Waals surface area (Å²) < 4.78 is 11.3. The van der Waals surface area contributed by atoms with Gasteiger partial charge in [0.2, 0.25) is 0 Å². The lowest BCUT2D eigenvalue weighted by molar-refractivity contribution is 0.102. The summed E-state index contributed by atoms with van der Waals surface area (Å²) in [5.74, 6) is 1.71. The Morgan fingerprint density at radius 3 is 2.54 bits per heavy atom. The summed E-state index contributed by atoms with van der Waals surface area (Å²) in [6.07, 6.45) is 1.06. The molecule has 3 aromatic rings. The summed E-state index contributed by atoms with van der Waals surface area (Å²) in [5.41, 5.74) is 3.05. The highest BCUT2D eigenvalue weighted by molar-refractivity contribution is 6.05. The maximum absolute atomic E-state index is 12.6. The van der Waals surface area contributed by atoms with Crippen molar-refractivity contribution in [3.63, 3.8) is 0 Å². The molecule has 0 aliphatic rings. The van der Waals surface area contributed by atoms with Crippen molar-refractivity contribution in [2.24, 2.45) is 0 Å². The molecule has 2 aromatic carbocycles. The van der Waals surface area contributed by atoms with Gasteiger partial charge in [0.15, 0.2) is 0 Å². The Kier molecular flexibility index (Phi) is 6.16. The number of rotatable bonds is 7. The fourth-order valence-electron chi connectivity index (χ4n) is 2.72. The Labute approximate surface area is 165 Å². The average Bonchev–Trinajstić information content (AvgIpc) is 3.19. The molecule has 5 heteroatoms. The van der Waals surface area contributed by atoms with E-state index >= 15 is 0 Å². The van der Waals surface area contributed by atoms with Gasteiger partial charge >= 0.3 is 0 Å². The minimum absolute atomic E-state index is 0.137. The van der Waals surface area contributed by atoms with Gasteiger partial charge in [0.25, 0.3) is 5.91 Å². The van der Waals surface area contributed by atoms with Crippen LogP contribution in [-0.2, 0) is 6.61 Å². The lowest BCUT2D eigenvalue weighted by atomic mass is 10.1. The molecule has 2 N–H and O–H groups in total. The average molecular weight is 379 g/mol. The van der Waals surface area contributed by atoms with Crippen molar-refractivity contribution in [2.45, 2.75) is 39.9 Å². The highest BCUT2D eigenvalue weighted by Crippen LogP contribution is 2.27. The first-order chi connectivity index (χ1) is 13.5. The summed E-state index contributed by atoms with van der Waals surface area (Å²) in [6, 6.07) is 16.4. The molecule has 146 valence electrons. The Morgan fingerprint density at radius 1 is 1.14 bits per heavy atom. The lowest BCUT2D eigenvalue weighted by Gasteiger charge is -2.13. The van der Waals surface area contributed by atoms with Crippen molar-refractivity contribution in [1.82, 2.24) is 0 Å². The number of aliphatic hydroxyl groups excluding tert-OH is 1. The van der Waals surface area contributed by atoms with Gasteiger partial charge in [-0.05, 0) is 68.3 Å². The number of ether oxygens (including phenoxy) is 1. The van der Waals surface area contributed by atoms with Crippen molar-refractivity contribution in [3.8, 4) is 17.1 Å². The quantitative estimate of drug-likeness (QED) is 0.593.